The van der Waals surface area contributed by atoms with Crippen LogP contribution in [0.1, 0.15) is 61.3 Å². The van der Waals surface area contributed by atoms with Gasteiger partial charge in [0.1, 0.15) is 40.8 Å². The van der Waals surface area contributed by atoms with E-state index in [2.05, 4.69) is 21.9 Å². The van der Waals surface area contributed by atoms with Gasteiger partial charge in [0, 0.05) is 35.4 Å². The predicted molar refractivity (Wildman–Crippen MR) is 208 cm³/mol. The summed E-state index contributed by atoms with van der Waals surface area (Å²) >= 11 is 0. The molecule has 5 atom stereocenters. The summed E-state index contributed by atoms with van der Waals surface area (Å²) in [5.74, 6) is -2.04. The molecule has 55 heavy (non-hydrogen) atoms. The van der Waals surface area contributed by atoms with Crippen molar-refractivity contribution < 1.29 is 41.8 Å². The lowest BCUT2D eigenvalue weighted by Crippen LogP contribution is -2.59. The van der Waals surface area contributed by atoms with Crippen molar-refractivity contribution in [3.63, 3.8) is 0 Å². The minimum atomic E-state index is -4.02. The first-order valence-corrected chi connectivity index (χ1v) is 19.8. The van der Waals surface area contributed by atoms with E-state index in [1.165, 1.54) is 24.8 Å². The Hall–Kier alpha value is -5.18. The number of alkyl carbamates (subject to hydrolysis) is 1. The maximum Gasteiger partial charge on any atom is 0.408 e. The molecule has 2 fully saturated rings. The van der Waals surface area contributed by atoms with E-state index in [-0.39, 0.29) is 19.4 Å². The van der Waals surface area contributed by atoms with Gasteiger partial charge < -0.3 is 29.7 Å². The number of methoxy groups -OCH3 is 1. The minimum Gasteiger partial charge on any atom is -0.497 e. The number of carbonyl (C=O) groups excluding carboxylic acids is 4. The summed E-state index contributed by atoms with van der Waals surface area (Å²) in [6.45, 7) is 15.2. The predicted octanol–water partition coefficient (Wildman–Crippen LogP) is 4.72. The van der Waals surface area contributed by atoms with Crippen molar-refractivity contribution in [3.05, 3.63) is 67.3 Å². The largest absolute Gasteiger partial charge is 0.497 e. The van der Waals surface area contributed by atoms with Crippen LogP contribution in [-0.2, 0) is 29.1 Å². The van der Waals surface area contributed by atoms with Crippen molar-refractivity contribution in [2.45, 2.75) is 95.9 Å². The molecule has 2 aromatic carbocycles. The van der Waals surface area contributed by atoms with E-state index in [4.69, 9.17) is 19.2 Å². The number of aromatic nitrogens is 1. The average Bonchev–Trinajstić information content (AvgIpc) is 3.68. The molecule has 4 amide bonds. The number of carbonyl (C=O) groups is 4. The first-order chi connectivity index (χ1) is 25.8. The Bertz CT molecular complexity index is 2070. The average molecular weight is 778 g/mol. The second-order valence-electron chi connectivity index (χ2n) is 15.6. The van der Waals surface area contributed by atoms with Crippen LogP contribution < -0.4 is 24.8 Å². The van der Waals surface area contributed by atoms with Crippen LogP contribution in [0.3, 0.4) is 0 Å². The van der Waals surface area contributed by atoms with Crippen molar-refractivity contribution in [1.82, 2.24) is 25.2 Å². The zero-order chi connectivity index (χ0) is 40.5. The highest BCUT2D eigenvalue weighted by atomic mass is 32.2. The number of pyridine rings is 1. The molecule has 0 spiro atoms. The van der Waals surface area contributed by atoms with E-state index < -0.39 is 80.3 Å². The lowest BCUT2D eigenvalue weighted by molar-refractivity contribution is -0.141. The Morgan fingerprint density at radius 3 is 2.31 bits per heavy atom. The summed E-state index contributed by atoms with van der Waals surface area (Å²) in [7, 11) is -2.46. The SMILES string of the molecule is C=CC1CC1(NC(=O)[C@@H]1C[C@@H](Oc2cc(-c3ccccc3)nc3cc(OC)ccc23)CN1C(=O)[C@@H](NC(=O)OC(C)(C)C)C(C)C)C(=O)NS(=O)(=O)C(C)C. The molecule has 5 rings (SSSR count). The number of likely N-dealkylation sites (tertiary alicyclic amines) is 1. The molecule has 1 aliphatic heterocycles. The summed E-state index contributed by atoms with van der Waals surface area (Å²) in [6.07, 6.45) is 0.0835. The Morgan fingerprint density at radius 2 is 1.73 bits per heavy atom. The first-order valence-electron chi connectivity index (χ1n) is 18.3. The fourth-order valence-corrected chi connectivity index (χ4v) is 7.19. The van der Waals surface area contributed by atoms with Gasteiger partial charge in [0.05, 0.1) is 30.1 Å². The van der Waals surface area contributed by atoms with Gasteiger partial charge in [-0.05, 0) is 59.1 Å². The van der Waals surface area contributed by atoms with Gasteiger partial charge in [-0.25, -0.2) is 18.2 Å². The van der Waals surface area contributed by atoms with Crippen LogP contribution in [0.4, 0.5) is 4.79 Å². The van der Waals surface area contributed by atoms with Gasteiger partial charge in [0.25, 0.3) is 5.91 Å². The van der Waals surface area contributed by atoms with Crippen LogP contribution in [0.25, 0.3) is 22.2 Å². The van der Waals surface area contributed by atoms with Gasteiger partial charge in [-0.2, -0.15) is 0 Å². The molecule has 2 aliphatic rings. The molecule has 14 nitrogen and oxygen atoms in total. The lowest BCUT2D eigenvalue weighted by Gasteiger charge is -2.31. The number of amides is 4. The molecule has 1 aliphatic carbocycles. The number of benzene rings is 2. The fraction of sp³-hybridized carbons (Fsp3) is 0.475. The highest BCUT2D eigenvalue weighted by molar-refractivity contribution is 7.90. The second kappa shape index (κ2) is 15.9. The summed E-state index contributed by atoms with van der Waals surface area (Å²) in [5, 5.41) is 5.23. The van der Waals surface area contributed by atoms with Crippen molar-refractivity contribution >= 4 is 44.7 Å². The molecule has 0 radical (unpaired) electrons. The summed E-state index contributed by atoms with van der Waals surface area (Å²) < 4.78 is 45.0. The number of sulfonamides is 1. The molecular weight excluding hydrogens is 727 g/mol. The summed E-state index contributed by atoms with van der Waals surface area (Å²) in [4.78, 5) is 61.4. The molecular formula is C40H51N5O9S. The monoisotopic (exact) mass is 777 g/mol. The Morgan fingerprint density at radius 1 is 1.04 bits per heavy atom. The molecule has 1 saturated heterocycles. The van der Waals surface area contributed by atoms with E-state index in [0.29, 0.717) is 28.1 Å². The van der Waals surface area contributed by atoms with Gasteiger partial charge in [-0.1, -0.05) is 50.3 Å². The number of fused-ring (bicyclic) bond motifs is 1. The van der Waals surface area contributed by atoms with Crippen LogP contribution in [0.2, 0.25) is 0 Å². The normalized spacial score (nSPS) is 21.5. The van der Waals surface area contributed by atoms with Gasteiger partial charge in [0.2, 0.25) is 21.8 Å². The Labute approximate surface area is 322 Å². The molecule has 3 aromatic rings. The van der Waals surface area contributed by atoms with Gasteiger partial charge in [0.15, 0.2) is 0 Å². The maximum atomic E-state index is 14.4. The maximum absolute atomic E-state index is 14.4. The van der Waals surface area contributed by atoms with Gasteiger partial charge >= 0.3 is 6.09 Å². The molecule has 1 saturated carbocycles. The number of nitrogens with one attached hydrogen (secondary N) is 3. The van der Waals surface area contributed by atoms with Crippen LogP contribution in [0.5, 0.6) is 11.5 Å². The number of ether oxygens (including phenoxy) is 3. The molecule has 0 bridgehead atoms. The molecule has 3 N–H and O–H groups in total. The third-order valence-corrected chi connectivity index (χ3v) is 11.4. The second-order valence-corrected chi connectivity index (χ2v) is 17.9. The molecule has 2 unspecified atom stereocenters. The smallest absolute Gasteiger partial charge is 0.408 e. The highest BCUT2D eigenvalue weighted by Gasteiger charge is 2.61. The van der Waals surface area contributed by atoms with E-state index in [0.717, 1.165) is 5.56 Å². The minimum absolute atomic E-state index is 0.0101. The van der Waals surface area contributed by atoms with E-state index in [1.807, 2.05) is 36.4 Å². The van der Waals surface area contributed by atoms with Gasteiger partial charge in [-0.15, -0.1) is 6.58 Å². The molecule has 15 heteroatoms. The molecule has 1 aromatic heterocycles. The number of nitrogens with zero attached hydrogens (tertiary/aromatic N) is 2. The van der Waals surface area contributed by atoms with Crippen molar-refractivity contribution in [1.29, 1.82) is 0 Å². The van der Waals surface area contributed by atoms with Crippen molar-refractivity contribution in [2.75, 3.05) is 13.7 Å². The van der Waals surface area contributed by atoms with Gasteiger partial charge in [-0.3, -0.25) is 19.1 Å². The van der Waals surface area contributed by atoms with Crippen molar-refractivity contribution in [3.8, 4) is 22.8 Å². The Kier molecular flexibility index (Phi) is 11.8. The van der Waals surface area contributed by atoms with E-state index in [9.17, 15) is 27.6 Å². The fourth-order valence-electron chi connectivity index (χ4n) is 6.51. The van der Waals surface area contributed by atoms with E-state index in [1.54, 1.807) is 59.9 Å². The van der Waals surface area contributed by atoms with Crippen LogP contribution in [0.15, 0.2) is 67.3 Å². The summed E-state index contributed by atoms with van der Waals surface area (Å²) in [6, 6.07) is 14.5. The first kappa shape index (κ1) is 41.0. The van der Waals surface area contributed by atoms with Crippen LogP contribution >= 0.6 is 0 Å². The third kappa shape index (κ3) is 9.21. The number of rotatable bonds is 13. The van der Waals surface area contributed by atoms with E-state index >= 15 is 0 Å². The Balaban J connectivity index is 1.51. The zero-order valence-corrected chi connectivity index (χ0v) is 33.4. The van der Waals surface area contributed by atoms with Crippen LogP contribution in [-0.4, -0.2) is 90.3 Å². The zero-order valence-electron chi connectivity index (χ0n) is 32.5. The number of hydrogen-bond acceptors (Lipinski definition) is 10. The molecule has 296 valence electrons. The summed E-state index contributed by atoms with van der Waals surface area (Å²) in [5.41, 5.74) is -0.345. The quantitative estimate of drug-likeness (QED) is 0.206. The topological polar surface area (TPSA) is 182 Å². The third-order valence-electron chi connectivity index (χ3n) is 9.70. The lowest BCUT2D eigenvalue weighted by atomic mass is 10.0. The molecule has 2 heterocycles. The standard InChI is InChI=1S/C40H51N5O9S/c1-10-26-21-40(26,37(48)44-55(50,51)24(4)5)43-35(46)32-19-28(22-45(32)36(47)34(23(2)3)42-38(49)54-39(6,7)8)53-33-20-30(25-14-12-11-13-15-25)41-31-18-27(52-9)16-17-29(31)33/h10-18,20,23-24,26,28,32,34H,1,19,21-22H2,2-9H3,(H,42,49)(H,43,46)(H,44,48)/t26?,28-,32+,34+,40?/m1/s1. The number of hydrogen-bond donors (Lipinski definition) is 3. The van der Waals surface area contributed by atoms with Crippen molar-refractivity contribution in [2.24, 2.45) is 11.8 Å². The van der Waals surface area contributed by atoms with Crippen LogP contribution in [0, 0.1) is 11.8 Å². The highest BCUT2D eigenvalue weighted by Crippen LogP contribution is 2.45.